The van der Waals surface area contributed by atoms with E-state index in [1.54, 1.807) is 0 Å². The van der Waals surface area contributed by atoms with E-state index < -0.39 is 24.5 Å². The van der Waals surface area contributed by atoms with Crippen molar-refractivity contribution in [3.05, 3.63) is 12.2 Å². The molecule has 0 fully saturated rings. The van der Waals surface area contributed by atoms with Crippen LogP contribution in [0.1, 0.15) is 174 Å². The molecule has 2 amide bonds. The lowest BCUT2D eigenvalue weighted by molar-refractivity contribution is -0.150. The van der Waals surface area contributed by atoms with Gasteiger partial charge in [0, 0.05) is 12.8 Å². The zero-order valence-corrected chi connectivity index (χ0v) is 29.3. The van der Waals surface area contributed by atoms with Crippen LogP contribution < -0.4 is 10.6 Å². The second-order valence-electron chi connectivity index (χ2n) is 12.7. The van der Waals surface area contributed by atoms with Crippen molar-refractivity contribution in [2.75, 3.05) is 13.2 Å². The van der Waals surface area contributed by atoms with Gasteiger partial charge in [0.1, 0.15) is 12.1 Å². The Balaban J connectivity index is 4.04. The Morgan fingerprint density at radius 3 is 1.65 bits per heavy atom. The fourth-order valence-electron chi connectivity index (χ4n) is 5.36. The van der Waals surface area contributed by atoms with Crippen LogP contribution in [0, 0.1) is 0 Å². The standard InChI is InChI=1S/C37H68N2O7/c1-3-5-7-9-10-11-12-13-14-15-16-17-18-19-25-29-36(43)46-32(26-22-8-6-4-2)27-23-20-21-24-28-34(41)38-30-35(42)39-33(31-40)37(44)45/h13-14,32-33,40H,3-12,15-31H2,1-2H3,(H,38,41)(H,39,42)(H,44,45)/b14-13-. The van der Waals surface area contributed by atoms with Crippen molar-refractivity contribution in [1.29, 1.82) is 0 Å². The summed E-state index contributed by atoms with van der Waals surface area (Å²) in [6.45, 7) is 3.40. The monoisotopic (exact) mass is 653 g/mol. The number of carboxylic acid groups (broad SMARTS) is 1. The maximum Gasteiger partial charge on any atom is 0.328 e. The number of carboxylic acids is 1. The van der Waals surface area contributed by atoms with E-state index in [9.17, 15) is 19.2 Å². The van der Waals surface area contributed by atoms with E-state index in [4.69, 9.17) is 14.9 Å². The van der Waals surface area contributed by atoms with Gasteiger partial charge in [0.2, 0.25) is 11.8 Å². The summed E-state index contributed by atoms with van der Waals surface area (Å²) in [6.07, 6.45) is 31.2. The van der Waals surface area contributed by atoms with Gasteiger partial charge in [-0.3, -0.25) is 14.4 Å². The number of allylic oxidation sites excluding steroid dienone is 2. The number of carbonyl (C=O) groups excluding carboxylic acids is 3. The van der Waals surface area contributed by atoms with Crippen molar-refractivity contribution in [3.63, 3.8) is 0 Å². The molecule has 0 aromatic carbocycles. The van der Waals surface area contributed by atoms with Crippen LogP contribution in [0.15, 0.2) is 12.2 Å². The first-order valence-corrected chi connectivity index (χ1v) is 18.6. The molecule has 0 aliphatic carbocycles. The quantitative estimate of drug-likeness (QED) is 0.0320. The van der Waals surface area contributed by atoms with E-state index in [0.717, 1.165) is 64.2 Å². The van der Waals surface area contributed by atoms with Crippen molar-refractivity contribution < 1.29 is 34.1 Å². The molecule has 46 heavy (non-hydrogen) atoms. The molecule has 4 N–H and O–H groups in total. The molecule has 9 nitrogen and oxygen atoms in total. The van der Waals surface area contributed by atoms with Crippen LogP contribution in [0.5, 0.6) is 0 Å². The molecular formula is C37H68N2O7. The molecule has 0 heterocycles. The summed E-state index contributed by atoms with van der Waals surface area (Å²) in [5.41, 5.74) is 0. The van der Waals surface area contributed by atoms with Crippen molar-refractivity contribution in [2.45, 2.75) is 187 Å². The number of rotatable bonds is 33. The Hall–Kier alpha value is -2.42. The topological polar surface area (TPSA) is 142 Å². The number of unbranched alkanes of at least 4 members (excludes halogenated alkanes) is 17. The van der Waals surface area contributed by atoms with Crippen molar-refractivity contribution in [2.24, 2.45) is 0 Å². The SMILES string of the molecule is CCCCCCCC/C=C\CCCCCCCC(=O)OC(CCCCCC)CCCCCCC(=O)NCC(=O)NC(CO)C(=O)O. The second kappa shape index (κ2) is 32.5. The second-order valence-corrected chi connectivity index (χ2v) is 12.7. The first kappa shape index (κ1) is 43.6. The fourth-order valence-corrected chi connectivity index (χ4v) is 5.36. The first-order chi connectivity index (χ1) is 22.3. The minimum absolute atomic E-state index is 0.0390. The largest absolute Gasteiger partial charge is 0.480 e. The maximum absolute atomic E-state index is 12.6. The van der Waals surface area contributed by atoms with Crippen molar-refractivity contribution >= 4 is 23.8 Å². The number of aliphatic hydroxyl groups is 1. The van der Waals surface area contributed by atoms with E-state index in [0.29, 0.717) is 12.8 Å². The Morgan fingerprint density at radius 2 is 1.11 bits per heavy atom. The smallest absolute Gasteiger partial charge is 0.328 e. The molecule has 0 aliphatic rings. The Labute approximate surface area is 280 Å². The van der Waals surface area contributed by atoms with Gasteiger partial charge >= 0.3 is 11.9 Å². The van der Waals surface area contributed by atoms with E-state index in [-0.39, 0.29) is 30.9 Å². The first-order valence-electron chi connectivity index (χ1n) is 18.6. The summed E-state index contributed by atoms with van der Waals surface area (Å²) >= 11 is 0. The Kier molecular flexibility index (Phi) is 30.8. The van der Waals surface area contributed by atoms with E-state index >= 15 is 0 Å². The number of aliphatic carboxylic acids is 1. The Bertz CT molecular complexity index is 803. The summed E-state index contributed by atoms with van der Waals surface area (Å²) in [4.78, 5) is 47.1. The van der Waals surface area contributed by atoms with Crippen LogP contribution in [-0.4, -0.2) is 59.3 Å². The molecule has 2 unspecified atom stereocenters. The molecule has 268 valence electrons. The average Bonchev–Trinajstić information content (AvgIpc) is 3.03. The number of esters is 1. The third kappa shape index (κ3) is 29.0. The van der Waals surface area contributed by atoms with Gasteiger partial charge < -0.3 is 25.6 Å². The molecule has 0 bridgehead atoms. The Morgan fingerprint density at radius 1 is 0.630 bits per heavy atom. The van der Waals surface area contributed by atoms with Crippen molar-refractivity contribution in [1.82, 2.24) is 10.6 Å². The molecule has 0 aliphatic heterocycles. The molecule has 0 saturated heterocycles. The molecular weight excluding hydrogens is 584 g/mol. The van der Waals surface area contributed by atoms with Crippen LogP contribution in [-0.2, 0) is 23.9 Å². The highest BCUT2D eigenvalue weighted by atomic mass is 16.5. The molecule has 0 rings (SSSR count). The highest BCUT2D eigenvalue weighted by Crippen LogP contribution is 2.18. The minimum atomic E-state index is -1.38. The van der Waals surface area contributed by atoms with Crippen LogP contribution in [0.25, 0.3) is 0 Å². The van der Waals surface area contributed by atoms with E-state index in [1.165, 1.54) is 77.0 Å². The predicted molar refractivity (Wildman–Crippen MR) is 185 cm³/mol. The number of ether oxygens (including phenoxy) is 1. The minimum Gasteiger partial charge on any atom is -0.480 e. The lowest BCUT2D eigenvalue weighted by Gasteiger charge is -2.18. The summed E-state index contributed by atoms with van der Waals surface area (Å²) in [7, 11) is 0. The normalized spacial score (nSPS) is 12.6. The van der Waals surface area contributed by atoms with Gasteiger partial charge in [0.25, 0.3) is 0 Å². The summed E-state index contributed by atoms with van der Waals surface area (Å²) < 4.78 is 5.90. The third-order valence-corrected chi connectivity index (χ3v) is 8.26. The number of amides is 2. The maximum atomic E-state index is 12.6. The molecule has 0 spiro atoms. The number of hydrogen-bond acceptors (Lipinski definition) is 6. The summed E-state index contributed by atoms with van der Waals surface area (Å²) in [6, 6.07) is -1.38. The zero-order chi connectivity index (χ0) is 34.1. The van der Waals surface area contributed by atoms with Gasteiger partial charge in [0.15, 0.2) is 0 Å². The van der Waals surface area contributed by atoms with Crippen LogP contribution >= 0.6 is 0 Å². The number of carbonyl (C=O) groups is 4. The number of hydrogen-bond donors (Lipinski definition) is 4. The lowest BCUT2D eigenvalue weighted by atomic mass is 10.0. The molecule has 2 atom stereocenters. The number of nitrogens with one attached hydrogen (secondary N) is 2. The van der Waals surface area contributed by atoms with Crippen LogP contribution in [0.3, 0.4) is 0 Å². The molecule has 9 heteroatoms. The van der Waals surface area contributed by atoms with E-state index in [2.05, 4.69) is 36.6 Å². The third-order valence-electron chi connectivity index (χ3n) is 8.26. The fraction of sp³-hybridized carbons (Fsp3) is 0.838. The van der Waals surface area contributed by atoms with Crippen molar-refractivity contribution in [3.8, 4) is 0 Å². The molecule has 0 saturated carbocycles. The zero-order valence-electron chi connectivity index (χ0n) is 29.3. The molecule has 0 aromatic rings. The van der Waals surface area contributed by atoms with Gasteiger partial charge in [0.05, 0.1) is 13.2 Å². The molecule has 0 aromatic heterocycles. The highest BCUT2D eigenvalue weighted by Gasteiger charge is 2.19. The van der Waals surface area contributed by atoms with E-state index in [1.807, 2.05) is 0 Å². The summed E-state index contributed by atoms with van der Waals surface area (Å²) in [5.74, 6) is -2.35. The van der Waals surface area contributed by atoms with Gasteiger partial charge in [-0.15, -0.1) is 0 Å². The van der Waals surface area contributed by atoms with Gasteiger partial charge in [-0.2, -0.15) is 0 Å². The van der Waals surface area contributed by atoms with Gasteiger partial charge in [-0.1, -0.05) is 109 Å². The van der Waals surface area contributed by atoms with Crippen LogP contribution in [0.2, 0.25) is 0 Å². The summed E-state index contributed by atoms with van der Waals surface area (Å²) in [5, 5.41) is 22.4. The lowest BCUT2D eigenvalue weighted by Crippen LogP contribution is -2.47. The van der Waals surface area contributed by atoms with Gasteiger partial charge in [-0.05, 0) is 64.2 Å². The molecule has 0 radical (unpaired) electrons. The van der Waals surface area contributed by atoms with Gasteiger partial charge in [-0.25, -0.2) is 4.79 Å². The predicted octanol–water partition coefficient (Wildman–Crippen LogP) is 7.92. The highest BCUT2D eigenvalue weighted by molar-refractivity contribution is 5.87. The van der Waals surface area contributed by atoms with Crippen LogP contribution in [0.4, 0.5) is 0 Å². The number of aliphatic hydroxyl groups excluding tert-OH is 1. The average molecular weight is 653 g/mol.